The Morgan fingerprint density at radius 3 is 2.44 bits per heavy atom. The maximum absolute atomic E-state index is 13.1. The van der Waals surface area contributed by atoms with Gasteiger partial charge in [-0.2, -0.15) is 0 Å². The molecule has 3 amide bonds. The third kappa shape index (κ3) is 4.53. The molecule has 2 N–H and O–H groups in total. The number of thiazole rings is 1. The quantitative estimate of drug-likeness (QED) is 0.587. The Balaban J connectivity index is 1.22. The number of rotatable bonds is 4. The summed E-state index contributed by atoms with van der Waals surface area (Å²) in [6, 6.07) is 18.0. The molecule has 0 spiro atoms. The van der Waals surface area contributed by atoms with Gasteiger partial charge in [0, 0.05) is 29.4 Å². The molecule has 2 aromatic carbocycles. The number of benzene rings is 2. The first-order valence-corrected chi connectivity index (χ1v) is 12.0. The van der Waals surface area contributed by atoms with E-state index < -0.39 is 0 Å². The molecule has 32 heavy (non-hydrogen) atoms. The molecule has 3 aromatic rings. The number of carbonyl (C=O) groups excluding carboxylic acids is 2. The van der Waals surface area contributed by atoms with Gasteiger partial charge in [0.1, 0.15) is 0 Å². The largest absolute Gasteiger partial charge is 0.335 e. The molecule has 2 aliphatic rings. The fourth-order valence-electron chi connectivity index (χ4n) is 4.43. The summed E-state index contributed by atoms with van der Waals surface area (Å²) in [6.45, 7) is 1.15. The van der Waals surface area contributed by atoms with Crippen molar-refractivity contribution in [3.05, 3.63) is 70.7 Å². The van der Waals surface area contributed by atoms with Gasteiger partial charge in [0.05, 0.1) is 12.2 Å². The Bertz CT molecular complexity index is 1100. The van der Waals surface area contributed by atoms with Crippen molar-refractivity contribution in [2.45, 2.75) is 44.7 Å². The Morgan fingerprint density at radius 2 is 1.69 bits per heavy atom. The number of anilines is 1. The van der Waals surface area contributed by atoms with Crippen LogP contribution in [0.2, 0.25) is 0 Å². The monoisotopic (exact) mass is 446 g/mol. The van der Waals surface area contributed by atoms with Crippen LogP contribution in [0, 0.1) is 0 Å². The number of carbonyl (C=O) groups is 2. The van der Waals surface area contributed by atoms with Gasteiger partial charge in [-0.05, 0) is 36.1 Å². The summed E-state index contributed by atoms with van der Waals surface area (Å²) >= 11 is 1.46. The van der Waals surface area contributed by atoms with E-state index in [4.69, 9.17) is 0 Å². The molecule has 6 nitrogen and oxygen atoms in total. The Hall–Kier alpha value is -3.19. The average molecular weight is 447 g/mol. The van der Waals surface area contributed by atoms with Crippen LogP contribution in [-0.4, -0.2) is 34.4 Å². The van der Waals surface area contributed by atoms with Crippen LogP contribution in [0.4, 0.5) is 9.93 Å². The van der Waals surface area contributed by atoms with Crippen LogP contribution in [0.15, 0.2) is 54.6 Å². The van der Waals surface area contributed by atoms with Crippen molar-refractivity contribution in [2.24, 2.45) is 0 Å². The second-order valence-electron chi connectivity index (χ2n) is 8.39. The van der Waals surface area contributed by atoms with Crippen LogP contribution in [-0.2, 0) is 13.0 Å². The molecule has 0 atom stereocenters. The van der Waals surface area contributed by atoms with Crippen molar-refractivity contribution in [1.82, 2.24) is 15.2 Å². The third-order valence-corrected chi connectivity index (χ3v) is 7.17. The lowest BCUT2D eigenvalue weighted by atomic mass is 10.0. The zero-order chi connectivity index (χ0) is 21.9. The number of hydrogen-bond acceptors (Lipinski definition) is 4. The molecule has 7 heteroatoms. The zero-order valence-electron chi connectivity index (χ0n) is 17.8. The highest BCUT2D eigenvalue weighted by atomic mass is 32.1. The maximum atomic E-state index is 13.1. The smallest absolute Gasteiger partial charge is 0.321 e. The third-order valence-electron chi connectivity index (χ3n) is 6.17. The molecular formula is C25H26N4O2S. The van der Waals surface area contributed by atoms with Crippen LogP contribution in [0.5, 0.6) is 0 Å². The summed E-state index contributed by atoms with van der Waals surface area (Å²) < 4.78 is 0. The number of nitrogens with one attached hydrogen (secondary N) is 2. The van der Waals surface area contributed by atoms with Crippen molar-refractivity contribution in [2.75, 3.05) is 11.9 Å². The topological polar surface area (TPSA) is 74.3 Å². The van der Waals surface area contributed by atoms with E-state index in [0.717, 1.165) is 34.5 Å². The molecule has 1 fully saturated rings. The van der Waals surface area contributed by atoms with Crippen molar-refractivity contribution >= 4 is 28.4 Å². The van der Waals surface area contributed by atoms with Crippen LogP contribution in [0.25, 0.3) is 11.1 Å². The minimum Gasteiger partial charge on any atom is -0.335 e. The number of urea groups is 1. The van der Waals surface area contributed by atoms with Crippen molar-refractivity contribution < 1.29 is 9.59 Å². The average Bonchev–Trinajstić information content (AvgIpc) is 3.48. The molecular weight excluding hydrogens is 420 g/mol. The lowest BCUT2D eigenvalue weighted by Crippen LogP contribution is -2.36. The minimum absolute atomic E-state index is 0.0251. The van der Waals surface area contributed by atoms with Gasteiger partial charge >= 0.3 is 6.03 Å². The zero-order valence-corrected chi connectivity index (χ0v) is 18.7. The summed E-state index contributed by atoms with van der Waals surface area (Å²) in [5.74, 6) is 0.0251. The van der Waals surface area contributed by atoms with Gasteiger partial charge in [0.25, 0.3) is 5.91 Å². The van der Waals surface area contributed by atoms with Gasteiger partial charge in [0.2, 0.25) is 0 Å². The van der Waals surface area contributed by atoms with E-state index in [1.807, 2.05) is 47.4 Å². The Kier molecular flexibility index (Phi) is 5.90. The number of amides is 3. The minimum atomic E-state index is -0.186. The molecule has 0 saturated heterocycles. The van der Waals surface area contributed by atoms with Crippen LogP contribution in [0.1, 0.15) is 46.6 Å². The van der Waals surface area contributed by atoms with Gasteiger partial charge in [0.15, 0.2) is 5.13 Å². The fourth-order valence-corrected chi connectivity index (χ4v) is 5.45. The Labute approximate surface area is 191 Å². The highest BCUT2D eigenvalue weighted by molar-refractivity contribution is 7.15. The predicted octanol–water partition coefficient (Wildman–Crippen LogP) is 5.07. The van der Waals surface area contributed by atoms with E-state index in [9.17, 15) is 9.59 Å². The second kappa shape index (κ2) is 9.12. The molecule has 0 radical (unpaired) electrons. The molecule has 1 aromatic heterocycles. The number of aromatic nitrogens is 1. The van der Waals surface area contributed by atoms with Gasteiger partial charge in [-0.3, -0.25) is 10.1 Å². The number of fused-ring (bicyclic) bond motifs is 1. The number of nitrogens with zero attached hydrogens (tertiary/aromatic N) is 2. The summed E-state index contributed by atoms with van der Waals surface area (Å²) in [7, 11) is 0. The number of hydrogen-bond donors (Lipinski definition) is 2. The van der Waals surface area contributed by atoms with Crippen LogP contribution in [0.3, 0.4) is 0 Å². The normalized spacial score (nSPS) is 15.9. The van der Waals surface area contributed by atoms with Gasteiger partial charge < -0.3 is 10.2 Å². The summed E-state index contributed by atoms with van der Waals surface area (Å²) in [4.78, 5) is 32.8. The van der Waals surface area contributed by atoms with E-state index in [1.54, 1.807) is 0 Å². The first-order valence-electron chi connectivity index (χ1n) is 11.2. The molecule has 1 aliphatic carbocycles. The van der Waals surface area contributed by atoms with E-state index in [2.05, 4.69) is 27.8 Å². The summed E-state index contributed by atoms with van der Waals surface area (Å²) in [5, 5.41) is 6.51. The van der Waals surface area contributed by atoms with Crippen LogP contribution >= 0.6 is 11.3 Å². The first kappa shape index (κ1) is 20.7. The van der Waals surface area contributed by atoms with E-state index >= 15 is 0 Å². The van der Waals surface area contributed by atoms with Crippen LogP contribution < -0.4 is 10.6 Å². The highest BCUT2D eigenvalue weighted by Gasteiger charge is 2.26. The fraction of sp³-hybridized carbons (Fsp3) is 0.320. The van der Waals surface area contributed by atoms with Gasteiger partial charge in [-0.25, -0.2) is 9.78 Å². The molecule has 2 heterocycles. The predicted molar refractivity (Wildman–Crippen MR) is 127 cm³/mol. The van der Waals surface area contributed by atoms with E-state index in [0.29, 0.717) is 30.2 Å². The highest BCUT2D eigenvalue weighted by Crippen LogP contribution is 2.29. The van der Waals surface area contributed by atoms with E-state index in [-0.39, 0.29) is 18.0 Å². The van der Waals surface area contributed by atoms with Gasteiger partial charge in [-0.15, -0.1) is 0 Å². The van der Waals surface area contributed by atoms with Gasteiger partial charge in [-0.1, -0.05) is 66.6 Å². The summed E-state index contributed by atoms with van der Waals surface area (Å²) in [5.41, 5.74) is 3.90. The first-order chi connectivity index (χ1) is 15.7. The van der Waals surface area contributed by atoms with Crippen molar-refractivity contribution in [1.29, 1.82) is 0 Å². The molecule has 1 saturated carbocycles. The molecule has 164 valence electrons. The molecule has 1 aliphatic heterocycles. The lowest BCUT2D eigenvalue weighted by molar-refractivity contribution is 0.0736. The molecule has 0 bridgehead atoms. The molecule has 5 rings (SSSR count). The van der Waals surface area contributed by atoms with Crippen molar-refractivity contribution in [3.63, 3.8) is 0 Å². The standard InChI is InChI=1S/C25H26N4O2S/c30-23(19-12-10-18(11-13-19)17-6-2-1-3-7-17)29-15-14-21-22(16-29)32-25(27-21)28-24(31)26-20-8-4-5-9-20/h1-3,6-7,10-13,20H,4-5,8-9,14-16H2,(H2,26,27,28,31). The summed E-state index contributed by atoms with van der Waals surface area (Å²) in [6.07, 6.45) is 5.15. The maximum Gasteiger partial charge on any atom is 0.321 e. The Morgan fingerprint density at radius 1 is 0.969 bits per heavy atom. The second-order valence-corrected chi connectivity index (χ2v) is 9.47. The van der Waals surface area contributed by atoms with E-state index in [1.165, 1.54) is 24.2 Å². The lowest BCUT2D eigenvalue weighted by Gasteiger charge is -2.26. The SMILES string of the molecule is O=C(Nc1nc2c(s1)CN(C(=O)c1ccc(-c3ccccc3)cc1)CC2)NC1CCCC1. The van der Waals surface area contributed by atoms with Crippen molar-refractivity contribution in [3.8, 4) is 11.1 Å². The molecule has 0 unspecified atom stereocenters.